The van der Waals surface area contributed by atoms with Gasteiger partial charge in [0.15, 0.2) is 0 Å². The first-order valence-electron chi connectivity index (χ1n) is 5.83. The summed E-state index contributed by atoms with van der Waals surface area (Å²) in [6.07, 6.45) is 5.85. The van der Waals surface area contributed by atoms with Gasteiger partial charge in [0.05, 0.1) is 23.4 Å². The predicted octanol–water partition coefficient (Wildman–Crippen LogP) is 2.96. The summed E-state index contributed by atoms with van der Waals surface area (Å²) in [6, 6.07) is 1.96. The highest BCUT2D eigenvalue weighted by Gasteiger charge is 2.20. The van der Waals surface area contributed by atoms with Gasteiger partial charge in [0.25, 0.3) is 0 Å². The first-order valence-corrected chi connectivity index (χ1v) is 6.74. The van der Waals surface area contributed by atoms with Gasteiger partial charge in [0, 0.05) is 31.4 Å². The Morgan fingerprint density at radius 2 is 2.18 bits per heavy atom. The Hall–Kier alpha value is -0.510. The lowest BCUT2D eigenvalue weighted by Gasteiger charge is -2.33. The number of ether oxygens (including phenoxy) is 1. The number of rotatable bonds is 4. The fourth-order valence-corrected chi connectivity index (χ4v) is 2.43. The molecule has 0 radical (unpaired) electrons. The lowest BCUT2D eigenvalue weighted by Crippen LogP contribution is -2.37. The van der Waals surface area contributed by atoms with Crippen LogP contribution in [0.2, 0.25) is 5.02 Å². The smallest absolute Gasteiger partial charge is 0.0822 e. The maximum atomic E-state index is 6.12. The summed E-state index contributed by atoms with van der Waals surface area (Å²) in [5.74, 6) is 0.566. The van der Waals surface area contributed by atoms with Gasteiger partial charge in [-0.1, -0.05) is 11.6 Å². The van der Waals surface area contributed by atoms with E-state index in [9.17, 15) is 0 Å². The van der Waals surface area contributed by atoms with Crippen LogP contribution in [0.15, 0.2) is 18.5 Å². The number of hydrogen-bond acceptors (Lipinski definition) is 3. The van der Waals surface area contributed by atoms with E-state index in [1.54, 1.807) is 12.4 Å². The van der Waals surface area contributed by atoms with Gasteiger partial charge in [0.2, 0.25) is 0 Å². The standard InChI is InChI=1S/C12H16Cl2N2O/c13-4-8-17-10-2-6-16(7-3-10)12-1-5-15-9-11(12)14/h1,5,9-10H,2-4,6-8H2. The van der Waals surface area contributed by atoms with Crippen LogP contribution in [0.25, 0.3) is 0 Å². The second-order valence-electron chi connectivity index (χ2n) is 4.07. The van der Waals surface area contributed by atoms with Crippen molar-refractivity contribution < 1.29 is 4.74 Å². The van der Waals surface area contributed by atoms with Crippen molar-refractivity contribution in [2.45, 2.75) is 18.9 Å². The molecule has 2 heterocycles. The van der Waals surface area contributed by atoms with Gasteiger partial charge in [-0.25, -0.2) is 0 Å². The molecule has 0 bridgehead atoms. The minimum Gasteiger partial charge on any atom is -0.377 e. The summed E-state index contributed by atoms with van der Waals surface area (Å²) < 4.78 is 5.64. The number of alkyl halides is 1. The molecule has 1 aliphatic heterocycles. The molecule has 5 heteroatoms. The lowest BCUT2D eigenvalue weighted by molar-refractivity contribution is 0.0472. The summed E-state index contributed by atoms with van der Waals surface area (Å²) in [5.41, 5.74) is 1.07. The molecule has 0 aromatic carbocycles. The second kappa shape index (κ2) is 6.43. The van der Waals surface area contributed by atoms with E-state index in [-0.39, 0.29) is 0 Å². The average molecular weight is 275 g/mol. The molecule has 94 valence electrons. The Kier molecular flexibility index (Phi) is 4.89. The number of pyridine rings is 1. The van der Waals surface area contributed by atoms with Gasteiger partial charge in [-0.2, -0.15) is 0 Å². The Labute approximate surface area is 112 Å². The van der Waals surface area contributed by atoms with Crippen molar-refractivity contribution in [2.24, 2.45) is 0 Å². The molecule has 0 saturated carbocycles. The molecule has 0 unspecified atom stereocenters. The van der Waals surface area contributed by atoms with Crippen LogP contribution in [0.3, 0.4) is 0 Å². The van der Waals surface area contributed by atoms with Crippen molar-refractivity contribution in [2.75, 3.05) is 30.5 Å². The molecule has 1 fully saturated rings. The maximum Gasteiger partial charge on any atom is 0.0822 e. The Balaban J connectivity index is 1.89. The Morgan fingerprint density at radius 1 is 1.41 bits per heavy atom. The molecule has 17 heavy (non-hydrogen) atoms. The third-order valence-corrected chi connectivity index (χ3v) is 3.41. The highest BCUT2D eigenvalue weighted by molar-refractivity contribution is 6.33. The van der Waals surface area contributed by atoms with E-state index in [0.29, 0.717) is 23.6 Å². The molecule has 3 nitrogen and oxygen atoms in total. The zero-order valence-electron chi connectivity index (χ0n) is 9.61. The van der Waals surface area contributed by atoms with E-state index in [1.807, 2.05) is 6.07 Å². The van der Waals surface area contributed by atoms with Crippen molar-refractivity contribution in [3.05, 3.63) is 23.5 Å². The summed E-state index contributed by atoms with van der Waals surface area (Å²) in [7, 11) is 0. The Bertz CT molecular complexity index is 354. The SMILES string of the molecule is ClCCOC1CCN(c2ccncc2Cl)CC1. The average Bonchev–Trinajstić information content (AvgIpc) is 2.38. The normalized spacial score (nSPS) is 17.4. The quantitative estimate of drug-likeness (QED) is 0.790. The van der Waals surface area contributed by atoms with Crippen LogP contribution in [-0.2, 0) is 4.74 Å². The van der Waals surface area contributed by atoms with E-state index in [0.717, 1.165) is 31.6 Å². The number of piperidine rings is 1. The topological polar surface area (TPSA) is 25.4 Å². The molecule has 1 aliphatic rings. The number of nitrogens with zero attached hydrogens (tertiary/aromatic N) is 2. The van der Waals surface area contributed by atoms with Gasteiger partial charge in [-0.15, -0.1) is 11.6 Å². The third-order valence-electron chi connectivity index (χ3n) is 2.96. The van der Waals surface area contributed by atoms with Crippen molar-refractivity contribution in [1.82, 2.24) is 4.98 Å². The second-order valence-corrected chi connectivity index (χ2v) is 4.86. The number of halogens is 2. The van der Waals surface area contributed by atoms with E-state index >= 15 is 0 Å². The van der Waals surface area contributed by atoms with Crippen molar-refractivity contribution in [3.63, 3.8) is 0 Å². The summed E-state index contributed by atoms with van der Waals surface area (Å²) in [6.45, 7) is 2.58. The first-order chi connectivity index (χ1) is 8.31. The largest absolute Gasteiger partial charge is 0.377 e. The van der Waals surface area contributed by atoms with Crippen LogP contribution in [0.1, 0.15) is 12.8 Å². The van der Waals surface area contributed by atoms with Crippen LogP contribution >= 0.6 is 23.2 Å². The van der Waals surface area contributed by atoms with Crippen LogP contribution in [0, 0.1) is 0 Å². The van der Waals surface area contributed by atoms with Crippen molar-refractivity contribution >= 4 is 28.9 Å². The summed E-state index contributed by atoms with van der Waals surface area (Å²) >= 11 is 11.7. The van der Waals surface area contributed by atoms with E-state index in [4.69, 9.17) is 27.9 Å². The minimum absolute atomic E-state index is 0.339. The minimum atomic E-state index is 0.339. The van der Waals surface area contributed by atoms with Crippen LogP contribution in [0.5, 0.6) is 0 Å². The molecule has 0 spiro atoms. The zero-order chi connectivity index (χ0) is 12.1. The Morgan fingerprint density at radius 3 is 2.82 bits per heavy atom. The monoisotopic (exact) mass is 274 g/mol. The number of aromatic nitrogens is 1. The summed E-state index contributed by atoms with van der Waals surface area (Å²) in [5, 5.41) is 0.715. The molecule has 0 amide bonds. The molecule has 0 N–H and O–H groups in total. The predicted molar refractivity (Wildman–Crippen MR) is 71.2 cm³/mol. The highest BCUT2D eigenvalue weighted by atomic mass is 35.5. The first kappa shape index (κ1) is 12.9. The molecular formula is C12H16Cl2N2O. The van der Waals surface area contributed by atoms with Gasteiger partial charge in [-0.05, 0) is 18.9 Å². The van der Waals surface area contributed by atoms with Crippen LogP contribution in [0.4, 0.5) is 5.69 Å². The molecule has 0 atom stereocenters. The molecule has 0 aliphatic carbocycles. The van der Waals surface area contributed by atoms with E-state index in [1.165, 1.54) is 0 Å². The summed E-state index contributed by atoms with van der Waals surface area (Å²) in [4.78, 5) is 6.28. The van der Waals surface area contributed by atoms with E-state index < -0.39 is 0 Å². The number of hydrogen-bond donors (Lipinski definition) is 0. The molecule has 1 aromatic heterocycles. The maximum absolute atomic E-state index is 6.12. The van der Waals surface area contributed by atoms with Crippen LogP contribution < -0.4 is 4.90 Å². The highest BCUT2D eigenvalue weighted by Crippen LogP contribution is 2.27. The van der Waals surface area contributed by atoms with Crippen molar-refractivity contribution in [3.8, 4) is 0 Å². The zero-order valence-corrected chi connectivity index (χ0v) is 11.1. The van der Waals surface area contributed by atoms with Gasteiger partial charge in [0.1, 0.15) is 0 Å². The molecule has 1 saturated heterocycles. The molecule has 2 rings (SSSR count). The van der Waals surface area contributed by atoms with Crippen LogP contribution in [-0.4, -0.2) is 36.7 Å². The fourth-order valence-electron chi connectivity index (χ4n) is 2.10. The van der Waals surface area contributed by atoms with Gasteiger partial charge < -0.3 is 9.64 Å². The van der Waals surface area contributed by atoms with Gasteiger partial charge in [-0.3, -0.25) is 4.98 Å². The van der Waals surface area contributed by atoms with E-state index in [2.05, 4.69) is 9.88 Å². The molecule has 1 aromatic rings. The molecular weight excluding hydrogens is 259 g/mol. The number of anilines is 1. The van der Waals surface area contributed by atoms with Crippen molar-refractivity contribution in [1.29, 1.82) is 0 Å². The fraction of sp³-hybridized carbons (Fsp3) is 0.583. The van der Waals surface area contributed by atoms with Gasteiger partial charge >= 0.3 is 0 Å². The lowest BCUT2D eigenvalue weighted by atomic mass is 10.1. The third kappa shape index (κ3) is 3.47.